The maximum Gasteiger partial charge on any atom is 0.299 e. The molecule has 1 heterocycles. The van der Waals surface area contributed by atoms with Crippen molar-refractivity contribution in [2.24, 2.45) is 0 Å². The van der Waals surface area contributed by atoms with Crippen LogP contribution in [0.4, 0.5) is 0 Å². The van der Waals surface area contributed by atoms with Crippen LogP contribution in [0.3, 0.4) is 0 Å². The summed E-state index contributed by atoms with van der Waals surface area (Å²) in [7, 11) is 0. The molecule has 88 valence electrons. The van der Waals surface area contributed by atoms with Gasteiger partial charge in [0.2, 0.25) is 0 Å². The van der Waals surface area contributed by atoms with Crippen molar-refractivity contribution < 1.29 is 4.74 Å². The normalized spacial score (nSPS) is 10.4. The molecule has 0 aliphatic carbocycles. The molecule has 0 bridgehead atoms. The van der Waals surface area contributed by atoms with Gasteiger partial charge in [-0.2, -0.15) is 0 Å². The van der Waals surface area contributed by atoms with Gasteiger partial charge in [0.1, 0.15) is 12.1 Å². The van der Waals surface area contributed by atoms with Crippen LogP contribution >= 0.6 is 0 Å². The smallest absolute Gasteiger partial charge is 0.299 e. The lowest BCUT2D eigenvalue weighted by Gasteiger charge is -2.09. The molecule has 0 fully saturated rings. The van der Waals surface area contributed by atoms with Gasteiger partial charge in [0.05, 0.1) is 0 Å². The van der Waals surface area contributed by atoms with E-state index in [-0.39, 0.29) is 6.02 Å². The van der Waals surface area contributed by atoms with Crippen molar-refractivity contribution in [3.8, 4) is 5.75 Å². The second-order valence-corrected chi connectivity index (χ2v) is 3.85. The highest BCUT2D eigenvalue weighted by Gasteiger charge is 2.05. The number of aromatic nitrogens is 2. The Morgan fingerprint density at radius 3 is 2.78 bits per heavy atom. The van der Waals surface area contributed by atoms with E-state index < -0.39 is 0 Å². The van der Waals surface area contributed by atoms with Crippen LogP contribution in [0.2, 0.25) is 0 Å². The molecule has 0 radical (unpaired) electrons. The molecule has 1 aromatic heterocycles. The van der Waals surface area contributed by atoms with E-state index in [1.54, 1.807) is 12.4 Å². The van der Waals surface area contributed by atoms with Crippen molar-refractivity contribution in [2.45, 2.75) is 0 Å². The lowest BCUT2D eigenvalue weighted by Crippen LogP contribution is -2.16. The second-order valence-electron chi connectivity index (χ2n) is 3.85. The van der Waals surface area contributed by atoms with Crippen molar-refractivity contribution in [3.05, 3.63) is 61.2 Å². The largest absolute Gasteiger partial charge is 0.425 e. The van der Waals surface area contributed by atoms with E-state index in [0.717, 1.165) is 10.8 Å². The van der Waals surface area contributed by atoms with Crippen LogP contribution < -0.4 is 4.74 Å². The molecular formula is C14H11N3O. The van der Waals surface area contributed by atoms with E-state index in [1.807, 2.05) is 42.5 Å². The second kappa shape index (κ2) is 4.33. The Labute approximate surface area is 104 Å². The Kier molecular flexibility index (Phi) is 2.53. The van der Waals surface area contributed by atoms with Crippen LogP contribution in [0.25, 0.3) is 10.8 Å². The van der Waals surface area contributed by atoms with Gasteiger partial charge in [0, 0.05) is 17.8 Å². The first-order chi connectivity index (χ1) is 8.84. The van der Waals surface area contributed by atoms with E-state index in [9.17, 15) is 0 Å². The monoisotopic (exact) mass is 237 g/mol. The average molecular weight is 237 g/mol. The first kappa shape index (κ1) is 10.5. The van der Waals surface area contributed by atoms with Gasteiger partial charge in [0.25, 0.3) is 6.02 Å². The third kappa shape index (κ3) is 1.84. The predicted octanol–water partition coefficient (Wildman–Crippen LogP) is 2.90. The van der Waals surface area contributed by atoms with Crippen LogP contribution in [0.5, 0.6) is 5.75 Å². The van der Waals surface area contributed by atoms with Crippen molar-refractivity contribution >= 4 is 16.8 Å². The maximum absolute atomic E-state index is 7.86. The van der Waals surface area contributed by atoms with Gasteiger partial charge in [-0.15, -0.1) is 0 Å². The highest BCUT2D eigenvalue weighted by atomic mass is 16.5. The molecule has 0 aliphatic heterocycles. The fourth-order valence-corrected chi connectivity index (χ4v) is 1.82. The first-order valence-corrected chi connectivity index (χ1v) is 5.57. The zero-order valence-corrected chi connectivity index (χ0v) is 9.58. The van der Waals surface area contributed by atoms with Gasteiger partial charge in [-0.3, -0.25) is 9.98 Å². The number of hydrogen-bond donors (Lipinski definition) is 1. The van der Waals surface area contributed by atoms with E-state index >= 15 is 0 Å². The standard InChI is InChI=1S/C14H11N3O/c15-14(17-9-8-16-10-17)18-13-7-3-5-11-4-1-2-6-12(11)13/h1-10,15H. The van der Waals surface area contributed by atoms with Gasteiger partial charge >= 0.3 is 0 Å². The molecule has 3 rings (SSSR count). The molecular weight excluding hydrogens is 226 g/mol. The Morgan fingerprint density at radius 2 is 1.94 bits per heavy atom. The topological polar surface area (TPSA) is 50.9 Å². The number of fused-ring (bicyclic) bond motifs is 1. The van der Waals surface area contributed by atoms with Crippen LogP contribution in [-0.2, 0) is 0 Å². The molecule has 2 aromatic carbocycles. The van der Waals surface area contributed by atoms with E-state index in [2.05, 4.69) is 4.98 Å². The summed E-state index contributed by atoms with van der Waals surface area (Å²) in [6.07, 6.45) is 4.82. The molecule has 1 N–H and O–H groups in total. The molecule has 0 saturated heterocycles. The van der Waals surface area contributed by atoms with E-state index in [4.69, 9.17) is 10.1 Å². The molecule has 18 heavy (non-hydrogen) atoms. The molecule has 0 amide bonds. The van der Waals surface area contributed by atoms with Crippen LogP contribution in [0.15, 0.2) is 61.2 Å². The quantitative estimate of drug-likeness (QED) is 0.522. The lowest BCUT2D eigenvalue weighted by molar-refractivity contribution is 0.524. The summed E-state index contributed by atoms with van der Waals surface area (Å²) in [5, 5.41) is 9.94. The Hall–Kier alpha value is -2.62. The Bertz CT molecular complexity index is 684. The summed E-state index contributed by atoms with van der Waals surface area (Å²) in [6.45, 7) is 0. The number of rotatable bonds is 1. The van der Waals surface area contributed by atoms with Gasteiger partial charge in [-0.25, -0.2) is 4.98 Å². The molecule has 0 atom stereocenters. The van der Waals surface area contributed by atoms with E-state index in [1.165, 1.54) is 10.9 Å². The molecule has 0 saturated carbocycles. The summed E-state index contributed by atoms with van der Waals surface area (Å²) in [5.74, 6) is 0.673. The minimum atomic E-state index is 0.0313. The SMILES string of the molecule is N=C(Oc1cccc2ccccc12)n1ccnc1. The predicted molar refractivity (Wildman–Crippen MR) is 69.9 cm³/mol. The summed E-state index contributed by atoms with van der Waals surface area (Å²) >= 11 is 0. The number of nitrogens with one attached hydrogen (secondary N) is 1. The summed E-state index contributed by atoms with van der Waals surface area (Å²) in [5.41, 5.74) is 0. The molecule has 0 spiro atoms. The third-order valence-corrected chi connectivity index (χ3v) is 2.70. The minimum absolute atomic E-state index is 0.0313. The number of nitrogens with zero attached hydrogens (tertiary/aromatic N) is 2. The van der Waals surface area contributed by atoms with Crippen molar-refractivity contribution in [3.63, 3.8) is 0 Å². The Balaban J connectivity index is 1.98. The minimum Gasteiger partial charge on any atom is -0.425 e. The maximum atomic E-state index is 7.86. The zero-order valence-electron chi connectivity index (χ0n) is 9.58. The molecule has 4 nitrogen and oxygen atoms in total. The Morgan fingerprint density at radius 1 is 1.11 bits per heavy atom. The highest BCUT2D eigenvalue weighted by molar-refractivity contribution is 5.90. The summed E-state index contributed by atoms with van der Waals surface area (Å²) in [4.78, 5) is 3.89. The molecule has 0 aliphatic rings. The van der Waals surface area contributed by atoms with Crippen molar-refractivity contribution in [1.82, 2.24) is 9.55 Å². The van der Waals surface area contributed by atoms with Gasteiger partial charge in [-0.05, 0) is 11.5 Å². The lowest BCUT2D eigenvalue weighted by atomic mass is 10.1. The van der Waals surface area contributed by atoms with Gasteiger partial charge < -0.3 is 4.74 Å². The molecule has 4 heteroatoms. The van der Waals surface area contributed by atoms with Crippen LogP contribution in [0, 0.1) is 5.41 Å². The van der Waals surface area contributed by atoms with Crippen molar-refractivity contribution in [1.29, 1.82) is 5.41 Å². The van der Waals surface area contributed by atoms with Crippen molar-refractivity contribution in [2.75, 3.05) is 0 Å². The fraction of sp³-hybridized carbons (Fsp3) is 0. The molecule has 3 aromatic rings. The fourth-order valence-electron chi connectivity index (χ4n) is 1.82. The van der Waals surface area contributed by atoms with Crippen LogP contribution in [0.1, 0.15) is 0 Å². The third-order valence-electron chi connectivity index (χ3n) is 2.70. The summed E-state index contributed by atoms with van der Waals surface area (Å²) in [6, 6.07) is 13.7. The van der Waals surface area contributed by atoms with E-state index in [0.29, 0.717) is 5.75 Å². The van der Waals surface area contributed by atoms with Gasteiger partial charge in [-0.1, -0.05) is 36.4 Å². The summed E-state index contributed by atoms with van der Waals surface area (Å²) < 4.78 is 7.09. The molecule has 0 unspecified atom stereocenters. The van der Waals surface area contributed by atoms with Crippen LogP contribution in [-0.4, -0.2) is 15.6 Å². The highest BCUT2D eigenvalue weighted by Crippen LogP contribution is 2.25. The average Bonchev–Trinajstić information content (AvgIpc) is 2.93. The number of hydrogen-bond acceptors (Lipinski definition) is 3. The zero-order chi connectivity index (χ0) is 12.4. The number of ether oxygens (including phenoxy) is 1. The first-order valence-electron chi connectivity index (χ1n) is 5.57. The van der Waals surface area contributed by atoms with Gasteiger partial charge in [0.15, 0.2) is 0 Å². The number of benzene rings is 2. The number of imidazole rings is 1.